The smallest absolute Gasteiger partial charge is 0.0483 e. The Morgan fingerprint density at radius 2 is 1.86 bits per heavy atom. The highest BCUT2D eigenvalue weighted by atomic mass is 127. The molecule has 7 heavy (non-hydrogen) atoms. The average Bonchev–Trinajstić information content (AvgIpc) is 1.30. The highest BCUT2D eigenvalue weighted by Crippen LogP contribution is 1.97. The van der Waals surface area contributed by atoms with Crippen LogP contribution in [-0.4, -0.2) is 10.1 Å². The van der Waals surface area contributed by atoms with Gasteiger partial charge in [0.05, 0.1) is 0 Å². The van der Waals surface area contributed by atoms with Gasteiger partial charge in [-0.15, -0.1) is 0 Å². The Hall–Kier alpha value is 0.690. The molecule has 0 amide bonds. The normalized spacial score (nSPS) is 12.0. The zero-order chi connectivity index (χ0) is 5.91. The van der Waals surface area contributed by atoms with Gasteiger partial charge in [0.25, 0.3) is 0 Å². The second kappa shape index (κ2) is 2.87. The SMILES string of the molecule is CC(C)(C)NCI. The zero-order valence-corrected chi connectivity index (χ0v) is 7.24. The number of rotatable bonds is 1. The standard InChI is InChI=1S/C5H12IN/c1-5(2,3)7-4-6/h7H,4H2,1-3H3. The molecule has 0 radical (unpaired) electrons. The predicted molar refractivity (Wildman–Crippen MR) is 41.8 cm³/mol. The molecule has 0 aliphatic carbocycles. The van der Waals surface area contributed by atoms with Crippen LogP contribution >= 0.6 is 22.6 Å². The Labute approximate surface area is 59.0 Å². The van der Waals surface area contributed by atoms with Crippen molar-refractivity contribution in [3.63, 3.8) is 0 Å². The molecule has 0 aliphatic heterocycles. The molecule has 0 bridgehead atoms. The van der Waals surface area contributed by atoms with Crippen molar-refractivity contribution in [3.05, 3.63) is 0 Å². The lowest BCUT2D eigenvalue weighted by atomic mass is 10.1. The van der Waals surface area contributed by atoms with Crippen LogP contribution in [0.3, 0.4) is 0 Å². The molecule has 0 heterocycles. The van der Waals surface area contributed by atoms with E-state index in [4.69, 9.17) is 0 Å². The van der Waals surface area contributed by atoms with E-state index < -0.39 is 0 Å². The highest BCUT2D eigenvalue weighted by molar-refractivity contribution is 14.1. The van der Waals surface area contributed by atoms with Gasteiger partial charge in [-0.3, -0.25) is 0 Å². The van der Waals surface area contributed by atoms with Crippen molar-refractivity contribution >= 4 is 22.6 Å². The Bertz CT molecular complexity index is 46.5. The van der Waals surface area contributed by atoms with E-state index in [0.29, 0.717) is 5.54 Å². The fourth-order valence-electron chi connectivity index (χ4n) is 0.200. The Morgan fingerprint density at radius 1 is 1.43 bits per heavy atom. The maximum absolute atomic E-state index is 3.27. The molecule has 0 spiro atoms. The highest BCUT2D eigenvalue weighted by Gasteiger charge is 2.04. The first-order chi connectivity index (χ1) is 3.06. The molecule has 1 nitrogen and oxygen atoms in total. The second-order valence-corrected chi connectivity index (χ2v) is 3.32. The van der Waals surface area contributed by atoms with Crippen LogP contribution in [0.25, 0.3) is 0 Å². The van der Waals surface area contributed by atoms with E-state index in [1.807, 2.05) is 0 Å². The summed E-state index contributed by atoms with van der Waals surface area (Å²) >= 11 is 2.30. The molecule has 0 aliphatic rings. The fraction of sp³-hybridized carbons (Fsp3) is 1.00. The number of nitrogens with one attached hydrogen (secondary N) is 1. The minimum absolute atomic E-state index is 0.293. The first kappa shape index (κ1) is 7.69. The maximum atomic E-state index is 3.27. The van der Waals surface area contributed by atoms with Crippen molar-refractivity contribution in [1.29, 1.82) is 0 Å². The quantitative estimate of drug-likeness (QED) is 0.397. The first-order valence-corrected chi connectivity index (χ1v) is 3.90. The summed E-state index contributed by atoms with van der Waals surface area (Å²) in [5, 5.41) is 3.27. The van der Waals surface area contributed by atoms with E-state index in [2.05, 4.69) is 48.7 Å². The summed E-state index contributed by atoms with van der Waals surface area (Å²) in [6, 6.07) is 0. The van der Waals surface area contributed by atoms with Crippen LogP contribution in [0.2, 0.25) is 0 Å². The van der Waals surface area contributed by atoms with Crippen LogP contribution in [0.5, 0.6) is 0 Å². The van der Waals surface area contributed by atoms with Crippen LogP contribution in [-0.2, 0) is 0 Å². The summed E-state index contributed by atoms with van der Waals surface area (Å²) in [7, 11) is 0. The molecule has 0 aromatic carbocycles. The summed E-state index contributed by atoms with van der Waals surface area (Å²) < 4.78 is 1.03. The molecular formula is C5H12IN. The lowest BCUT2D eigenvalue weighted by Crippen LogP contribution is -2.34. The van der Waals surface area contributed by atoms with E-state index in [1.54, 1.807) is 0 Å². The third-order valence-corrected chi connectivity index (χ3v) is 0.979. The van der Waals surface area contributed by atoms with Crippen molar-refractivity contribution in [2.75, 3.05) is 4.55 Å². The molecule has 1 N–H and O–H groups in total. The van der Waals surface area contributed by atoms with Gasteiger partial charge < -0.3 is 5.32 Å². The van der Waals surface area contributed by atoms with E-state index in [1.165, 1.54) is 0 Å². The van der Waals surface area contributed by atoms with Gasteiger partial charge >= 0.3 is 0 Å². The molecule has 0 rings (SSSR count). The summed E-state index contributed by atoms with van der Waals surface area (Å²) in [4.78, 5) is 0. The van der Waals surface area contributed by atoms with E-state index in [-0.39, 0.29) is 0 Å². The van der Waals surface area contributed by atoms with Crippen LogP contribution in [0, 0.1) is 0 Å². The van der Waals surface area contributed by atoms with Crippen molar-refractivity contribution < 1.29 is 0 Å². The molecule has 0 fully saturated rings. The first-order valence-electron chi connectivity index (χ1n) is 2.37. The Morgan fingerprint density at radius 3 is 1.86 bits per heavy atom. The second-order valence-electron chi connectivity index (χ2n) is 2.56. The molecule has 0 aromatic heterocycles. The van der Waals surface area contributed by atoms with Crippen LogP contribution in [0.1, 0.15) is 20.8 Å². The number of alkyl halides is 1. The summed E-state index contributed by atoms with van der Waals surface area (Å²) in [5.41, 5.74) is 0.293. The maximum Gasteiger partial charge on any atom is 0.0483 e. The van der Waals surface area contributed by atoms with Crippen molar-refractivity contribution in [2.24, 2.45) is 0 Å². The molecular weight excluding hydrogens is 201 g/mol. The number of hydrogen-bond acceptors (Lipinski definition) is 1. The third-order valence-electron chi connectivity index (χ3n) is 0.597. The van der Waals surface area contributed by atoms with Crippen molar-refractivity contribution in [1.82, 2.24) is 5.32 Å². The van der Waals surface area contributed by atoms with E-state index in [0.717, 1.165) is 4.55 Å². The topological polar surface area (TPSA) is 12.0 Å². The van der Waals surface area contributed by atoms with E-state index in [9.17, 15) is 0 Å². The van der Waals surface area contributed by atoms with Gasteiger partial charge in [0, 0.05) is 10.1 Å². The van der Waals surface area contributed by atoms with Gasteiger partial charge in [0.2, 0.25) is 0 Å². The average molecular weight is 213 g/mol. The molecule has 0 atom stereocenters. The molecule has 0 saturated carbocycles. The molecule has 0 unspecified atom stereocenters. The third kappa shape index (κ3) is 6.69. The van der Waals surface area contributed by atoms with Crippen LogP contribution in [0.4, 0.5) is 0 Å². The van der Waals surface area contributed by atoms with Crippen LogP contribution < -0.4 is 5.32 Å². The van der Waals surface area contributed by atoms with Gasteiger partial charge in [-0.2, -0.15) is 0 Å². The van der Waals surface area contributed by atoms with Crippen molar-refractivity contribution in [3.8, 4) is 0 Å². The minimum Gasteiger partial charge on any atom is -0.303 e. The molecule has 0 saturated heterocycles. The Balaban J connectivity index is 3.15. The van der Waals surface area contributed by atoms with Gasteiger partial charge in [-0.25, -0.2) is 0 Å². The minimum atomic E-state index is 0.293. The summed E-state index contributed by atoms with van der Waals surface area (Å²) in [5.74, 6) is 0. The van der Waals surface area contributed by atoms with Crippen LogP contribution in [0.15, 0.2) is 0 Å². The fourth-order valence-corrected chi connectivity index (χ4v) is 1.34. The monoisotopic (exact) mass is 213 g/mol. The molecule has 44 valence electrons. The number of halogens is 1. The van der Waals surface area contributed by atoms with Crippen molar-refractivity contribution in [2.45, 2.75) is 26.3 Å². The van der Waals surface area contributed by atoms with Gasteiger partial charge in [-0.05, 0) is 20.8 Å². The largest absolute Gasteiger partial charge is 0.303 e. The summed E-state index contributed by atoms with van der Waals surface area (Å²) in [6.07, 6.45) is 0. The number of hydrogen-bond donors (Lipinski definition) is 1. The van der Waals surface area contributed by atoms with Gasteiger partial charge in [-0.1, -0.05) is 22.6 Å². The van der Waals surface area contributed by atoms with Gasteiger partial charge in [0.15, 0.2) is 0 Å². The Kier molecular flexibility index (Phi) is 3.15. The molecule has 2 heteroatoms. The lowest BCUT2D eigenvalue weighted by Gasteiger charge is -2.17. The summed E-state index contributed by atoms with van der Waals surface area (Å²) in [6.45, 7) is 6.48. The van der Waals surface area contributed by atoms with Gasteiger partial charge in [0.1, 0.15) is 0 Å². The predicted octanol–water partition coefficient (Wildman–Crippen LogP) is 1.77. The molecule has 0 aromatic rings. The van der Waals surface area contributed by atoms with E-state index >= 15 is 0 Å². The zero-order valence-electron chi connectivity index (χ0n) is 5.09. The lowest BCUT2D eigenvalue weighted by molar-refractivity contribution is 0.466.